The minimum absolute atomic E-state index is 1.07. The van der Waals surface area contributed by atoms with E-state index in [0.717, 1.165) is 22.7 Å². The molecule has 0 radical (unpaired) electrons. The molecule has 0 unspecified atom stereocenters. The standard InChI is InChI=1S/C52H36N2S/c1-2-11-42(12-3-1)53-48-17-7-4-13-44(48)37-25-21-35(22-26-37)36-23-27-38(28-24-36)45-14-5-8-18-49(45)54-43-32-31-39-33-41(30-29-40(39)34-43)46-16-10-20-51-52(46)47-15-6-9-19-50(47)55-51/h1-34,53-54H. The van der Waals surface area contributed by atoms with Gasteiger partial charge >= 0.3 is 0 Å². The molecule has 0 amide bonds. The van der Waals surface area contributed by atoms with E-state index in [0.29, 0.717) is 0 Å². The average Bonchev–Trinajstić information content (AvgIpc) is 3.64. The lowest BCUT2D eigenvalue weighted by Gasteiger charge is -2.14. The predicted molar refractivity (Wildman–Crippen MR) is 238 cm³/mol. The molecule has 2 nitrogen and oxygen atoms in total. The second kappa shape index (κ2) is 14.1. The summed E-state index contributed by atoms with van der Waals surface area (Å²) in [6.45, 7) is 0. The topological polar surface area (TPSA) is 24.1 Å². The van der Waals surface area contributed by atoms with E-state index in [1.54, 1.807) is 0 Å². The number of thiophene rings is 1. The molecule has 0 aliphatic carbocycles. The van der Waals surface area contributed by atoms with Crippen LogP contribution in [0.15, 0.2) is 206 Å². The molecule has 10 rings (SSSR count). The predicted octanol–water partition coefficient (Wildman–Crippen LogP) is 15.4. The van der Waals surface area contributed by atoms with Crippen molar-refractivity contribution >= 4 is 65.0 Å². The van der Waals surface area contributed by atoms with E-state index in [1.165, 1.54) is 75.5 Å². The number of hydrogen-bond acceptors (Lipinski definition) is 3. The second-order valence-corrected chi connectivity index (χ2v) is 15.0. The van der Waals surface area contributed by atoms with Crippen LogP contribution in [-0.2, 0) is 0 Å². The van der Waals surface area contributed by atoms with Crippen LogP contribution in [0, 0.1) is 0 Å². The molecule has 0 atom stereocenters. The molecule has 2 N–H and O–H groups in total. The first-order valence-electron chi connectivity index (χ1n) is 18.7. The first-order chi connectivity index (χ1) is 27.2. The van der Waals surface area contributed by atoms with Gasteiger partial charge in [0.2, 0.25) is 0 Å². The highest BCUT2D eigenvalue weighted by Crippen LogP contribution is 2.41. The summed E-state index contributed by atoms with van der Waals surface area (Å²) in [5, 5.41) is 12.4. The minimum atomic E-state index is 1.07. The monoisotopic (exact) mass is 720 g/mol. The molecular weight excluding hydrogens is 685 g/mol. The van der Waals surface area contributed by atoms with Crippen molar-refractivity contribution in [3.8, 4) is 44.5 Å². The van der Waals surface area contributed by atoms with E-state index >= 15 is 0 Å². The van der Waals surface area contributed by atoms with Crippen molar-refractivity contribution in [3.05, 3.63) is 206 Å². The maximum atomic E-state index is 3.73. The van der Waals surface area contributed by atoms with Gasteiger partial charge in [0.25, 0.3) is 0 Å². The Bertz CT molecular complexity index is 2960. The second-order valence-electron chi connectivity index (χ2n) is 13.9. The molecule has 55 heavy (non-hydrogen) atoms. The number of rotatable bonds is 8. The van der Waals surface area contributed by atoms with Crippen LogP contribution in [0.25, 0.3) is 75.5 Å². The van der Waals surface area contributed by atoms with Crippen LogP contribution >= 0.6 is 11.3 Å². The van der Waals surface area contributed by atoms with Gasteiger partial charge in [0, 0.05) is 54.0 Å². The van der Waals surface area contributed by atoms with Gasteiger partial charge in [0.1, 0.15) is 0 Å². The SMILES string of the molecule is c1ccc(Nc2ccccc2-c2ccc(-c3ccc(-c4ccccc4Nc4ccc5cc(-c6cccc7sc8ccccc8c67)ccc5c4)cc3)cc2)cc1. The number of hydrogen-bond donors (Lipinski definition) is 2. The Morgan fingerprint density at radius 1 is 0.309 bits per heavy atom. The highest BCUT2D eigenvalue weighted by atomic mass is 32.1. The van der Waals surface area contributed by atoms with Gasteiger partial charge in [-0.05, 0) is 98.8 Å². The fourth-order valence-electron chi connectivity index (χ4n) is 7.71. The molecule has 0 bridgehead atoms. The Hall–Kier alpha value is -6.94. The molecule has 10 aromatic rings. The first-order valence-corrected chi connectivity index (χ1v) is 19.5. The lowest BCUT2D eigenvalue weighted by molar-refractivity contribution is 1.52. The highest BCUT2D eigenvalue weighted by molar-refractivity contribution is 7.25. The lowest BCUT2D eigenvalue weighted by atomic mass is 9.96. The van der Waals surface area contributed by atoms with Crippen LogP contribution in [0.3, 0.4) is 0 Å². The first kappa shape index (κ1) is 32.7. The summed E-state index contributed by atoms with van der Waals surface area (Å²) in [5.74, 6) is 0. The Labute approximate surface area is 325 Å². The summed E-state index contributed by atoms with van der Waals surface area (Å²) < 4.78 is 2.66. The van der Waals surface area contributed by atoms with Crippen molar-refractivity contribution < 1.29 is 0 Å². The number of para-hydroxylation sites is 3. The van der Waals surface area contributed by atoms with Crippen LogP contribution in [0.2, 0.25) is 0 Å². The molecule has 1 aromatic heterocycles. The van der Waals surface area contributed by atoms with Gasteiger partial charge in [0.15, 0.2) is 0 Å². The highest BCUT2D eigenvalue weighted by Gasteiger charge is 2.12. The Morgan fingerprint density at radius 2 is 0.818 bits per heavy atom. The molecule has 0 saturated heterocycles. The van der Waals surface area contributed by atoms with Gasteiger partial charge < -0.3 is 10.6 Å². The Morgan fingerprint density at radius 3 is 1.53 bits per heavy atom. The molecule has 1 heterocycles. The number of fused-ring (bicyclic) bond motifs is 4. The lowest BCUT2D eigenvalue weighted by Crippen LogP contribution is -1.94. The van der Waals surface area contributed by atoms with Crippen LogP contribution in [0.1, 0.15) is 0 Å². The molecule has 0 aliphatic rings. The van der Waals surface area contributed by atoms with E-state index in [9.17, 15) is 0 Å². The van der Waals surface area contributed by atoms with Crippen LogP contribution in [0.5, 0.6) is 0 Å². The van der Waals surface area contributed by atoms with E-state index in [-0.39, 0.29) is 0 Å². The van der Waals surface area contributed by atoms with Crippen molar-refractivity contribution in [1.29, 1.82) is 0 Å². The van der Waals surface area contributed by atoms with E-state index < -0.39 is 0 Å². The Balaban J connectivity index is 0.882. The average molecular weight is 721 g/mol. The molecule has 9 aromatic carbocycles. The number of anilines is 4. The van der Waals surface area contributed by atoms with Gasteiger partial charge in [-0.3, -0.25) is 0 Å². The third-order valence-electron chi connectivity index (χ3n) is 10.5. The number of benzene rings is 9. The van der Waals surface area contributed by atoms with Crippen molar-refractivity contribution in [2.24, 2.45) is 0 Å². The van der Waals surface area contributed by atoms with Gasteiger partial charge in [-0.15, -0.1) is 11.3 Å². The van der Waals surface area contributed by atoms with Crippen LogP contribution < -0.4 is 10.6 Å². The number of nitrogens with one attached hydrogen (secondary N) is 2. The molecular formula is C52H36N2S. The van der Waals surface area contributed by atoms with E-state index in [1.807, 2.05) is 17.4 Å². The molecule has 260 valence electrons. The molecule has 0 spiro atoms. The Kier molecular flexibility index (Phi) is 8.40. The van der Waals surface area contributed by atoms with Crippen LogP contribution in [-0.4, -0.2) is 0 Å². The van der Waals surface area contributed by atoms with Crippen molar-refractivity contribution in [2.75, 3.05) is 10.6 Å². The molecule has 0 aliphatic heterocycles. The van der Waals surface area contributed by atoms with Gasteiger partial charge in [-0.2, -0.15) is 0 Å². The molecule has 3 heteroatoms. The van der Waals surface area contributed by atoms with Crippen LogP contribution in [0.4, 0.5) is 22.7 Å². The quantitative estimate of drug-likeness (QED) is 0.163. The van der Waals surface area contributed by atoms with Crippen molar-refractivity contribution in [3.63, 3.8) is 0 Å². The maximum Gasteiger partial charge on any atom is 0.0463 e. The third-order valence-corrected chi connectivity index (χ3v) is 11.6. The van der Waals surface area contributed by atoms with Crippen molar-refractivity contribution in [1.82, 2.24) is 0 Å². The van der Waals surface area contributed by atoms with E-state index in [2.05, 4.69) is 211 Å². The molecule has 0 fully saturated rings. The molecule has 0 saturated carbocycles. The minimum Gasteiger partial charge on any atom is -0.355 e. The fourth-order valence-corrected chi connectivity index (χ4v) is 8.84. The zero-order valence-electron chi connectivity index (χ0n) is 30.0. The zero-order valence-corrected chi connectivity index (χ0v) is 30.9. The van der Waals surface area contributed by atoms with Gasteiger partial charge in [-0.25, -0.2) is 0 Å². The maximum absolute atomic E-state index is 3.73. The zero-order chi connectivity index (χ0) is 36.6. The summed E-state index contributed by atoms with van der Waals surface area (Å²) in [6.07, 6.45) is 0. The smallest absolute Gasteiger partial charge is 0.0463 e. The summed E-state index contributed by atoms with van der Waals surface area (Å²) in [6, 6.07) is 74.0. The normalized spacial score (nSPS) is 11.3. The van der Waals surface area contributed by atoms with Crippen molar-refractivity contribution in [2.45, 2.75) is 0 Å². The summed E-state index contributed by atoms with van der Waals surface area (Å²) >= 11 is 1.87. The van der Waals surface area contributed by atoms with E-state index in [4.69, 9.17) is 0 Å². The summed E-state index contributed by atoms with van der Waals surface area (Å²) in [7, 11) is 0. The van der Waals surface area contributed by atoms with Gasteiger partial charge in [0.05, 0.1) is 0 Å². The summed E-state index contributed by atoms with van der Waals surface area (Å²) in [4.78, 5) is 0. The fraction of sp³-hybridized carbons (Fsp3) is 0. The largest absolute Gasteiger partial charge is 0.355 e. The van der Waals surface area contributed by atoms with Gasteiger partial charge in [-0.1, -0.05) is 152 Å². The summed E-state index contributed by atoms with van der Waals surface area (Å²) in [5.41, 5.74) is 13.9. The third kappa shape index (κ3) is 6.41.